The average Bonchev–Trinajstić information content (AvgIpc) is 2.82. The summed E-state index contributed by atoms with van der Waals surface area (Å²) in [5.74, 6) is 0.259. The van der Waals surface area contributed by atoms with Crippen molar-refractivity contribution in [2.24, 2.45) is 0 Å². The predicted molar refractivity (Wildman–Crippen MR) is 62.6 cm³/mol. The van der Waals surface area contributed by atoms with Gasteiger partial charge in [0.1, 0.15) is 0 Å². The molecule has 0 aliphatic carbocycles. The minimum absolute atomic E-state index is 0. The highest BCUT2D eigenvalue weighted by atomic mass is 35.5. The fourth-order valence-electron chi connectivity index (χ4n) is 1.64. The quantitative estimate of drug-likeness (QED) is 0.526. The van der Waals surface area contributed by atoms with E-state index in [1.165, 1.54) is 6.26 Å². The molecule has 4 nitrogen and oxygen atoms in total. The van der Waals surface area contributed by atoms with Crippen molar-refractivity contribution in [3.05, 3.63) is 24.2 Å². The van der Waals surface area contributed by atoms with E-state index in [1.54, 1.807) is 17.0 Å². The molecule has 98 valence electrons. The first-order valence-corrected chi connectivity index (χ1v) is 5.93. The van der Waals surface area contributed by atoms with E-state index in [9.17, 15) is 4.79 Å². The molecule has 1 heterocycles. The standard InChI is InChI=1S/C12H20N2O2.ClH/c1-3-14(4-2)9-6-8-13-12(15)11-7-5-10-16-11;/h5,7,10H,3-4,6,8-9H2,1-2H3,(H,13,15);1H. The number of carbonyl (C=O) groups excluding carboxylic acids is 1. The maximum Gasteiger partial charge on any atom is 0.286 e. The number of hydrogen-bond acceptors (Lipinski definition) is 2. The molecule has 0 fully saturated rings. The van der Waals surface area contributed by atoms with Crippen molar-refractivity contribution in [3.63, 3.8) is 0 Å². The molecule has 0 aromatic carbocycles. The van der Waals surface area contributed by atoms with Crippen molar-refractivity contribution in [2.45, 2.75) is 20.3 Å². The summed E-state index contributed by atoms with van der Waals surface area (Å²) in [6.07, 6.45) is 2.51. The zero-order chi connectivity index (χ0) is 11.8. The lowest BCUT2D eigenvalue weighted by Gasteiger charge is -2.14. The Morgan fingerprint density at radius 3 is 2.65 bits per heavy atom. The normalized spacial score (nSPS) is 10.1. The van der Waals surface area contributed by atoms with Crippen molar-refractivity contribution in [2.75, 3.05) is 26.2 Å². The molecule has 1 amide bonds. The van der Waals surface area contributed by atoms with Crippen LogP contribution in [0.2, 0.25) is 0 Å². The first-order valence-electron chi connectivity index (χ1n) is 5.93. The Morgan fingerprint density at radius 1 is 1.41 bits per heavy atom. The van der Waals surface area contributed by atoms with Gasteiger partial charge in [-0.3, -0.25) is 4.79 Å². The first-order chi connectivity index (χ1) is 7.77. The molecule has 2 N–H and O–H groups in total. The summed E-state index contributed by atoms with van der Waals surface area (Å²) >= 11 is 0. The number of nitrogens with one attached hydrogen (secondary N) is 2. The smallest absolute Gasteiger partial charge is 0.286 e. The van der Waals surface area contributed by atoms with Gasteiger partial charge in [0.05, 0.1) is 25.9 Å². The van der Waals surface area contributed by atoms with Crippen LogP contribution in [-0.4, -0.2) is 32.1 Å². The SMILES string of the molecule is CC[NH+](CC)CCCNC(=O)c1ccco1.[Cl-]. The minimum atomic E-state index is -0.125. The summed E-state index contributed by atoms with van der Waals surface area (Å²) in [5.41, 5.74) is 0. The van der Waals surface area contributed by atoms with Crippen LogP contribution in [0.25, 0.3) is 0 Å². The third-order valence-corrected chi connectivity index (χ3v) is 2.74. The van der Waals surface area contributed by atoms with Gasteiger partial charge in [-0.25, -0.2) is 0 Å². The van der Waals surface area contributed by atoms with Gasteiger partial charge in [-0.05, 0) is 26.0 Å². The van der Waals surface area contributed by atoms with Crippen molar-refractivity contribution >= 4 is 5.91 Å². The van der Waals surface area contributed by atoms with Crippen LogP contribution in [0.1, 0.15) is 30.8 Å². The number of halogens is 1. The van der Waals surface area contributed by atoms with Crippen molar-refractivity contribution in [3.8, 4) is 0 Å². The molecule has 0 radical (unpaired) electrons. The fraction of sp³-hybridized carbons (Fsp3) is 0.583. The third-order valence-electron chi connectivity index (χ3n) is 2.74. The molecular formula is C12H21ClN2O2. The summed E-state index contributed by atoms with van der Waals surface area (Å²) in [4.78, 5) is 13.0. The van der Waals surface area contributed by atoms with E-state index in [4.69, 9.17) is 4.42 Å². The molecule has 1 aromatic rings. The second-order valence-electron chi connectivity index (χ2n) is 3.79. The molecule has 17 heavy (non-hydrogen) atoms. The molecule has 1 aromatic heterocycles. The number of hydrogen-bond donors (Lipinski definition) is 2. The van der Waals surface area contributed by atoms with E-state index >= 15 is 0 Å². The van der Waals surface area contributed by atoms with Crippen LogP contribution in [0.3, 0.4) is 0 Å². The Kier molecular flexibility index (Phi) is 8.54. The molecule has 0 unspecified atom stereocenters. The van der Waals surface area contributed by atoms with Gasteiger partial charge >= 0.3 is 0 Å². The Morgan fingerprint density at radius 2 is 2.12 bits per heavy atom. The van der Waals surface area contributed by atoms with Crippen LogP contribution >= 0.6 is 0 Å². The molecule has 0 aliphatic rings. The summed E-state index contributed by atoms with van der Waals surface area (Å²) < 4.78 is 5.00. The van der Waals surface area contributed by atoms with Crippen molar-refractivity contribution < 1.29 is 26.5 Å². The van der Waals surface area contributed by atoms with Gasteiger partial charge in [-0.15, -0.1) is 0 Å². The number of rotatable bonds is 7. The lowest BCUT2D eigenvalue weighted by Crippen LogP contribution is -3.11. The second-order valence-corrected chi connectivity index (χ2v) is 3.79. The molecule has 0 atom stereocenters. The molecule has 0 spiro atoms. The summed E-state index contributed by atoms with van der Waals surface area (Å²) in [6.45, 7) is 8.46. The molecule has 0 saturated heterocycles. The summed E-state index contributed by atoms with van der Waals surface area (Å²) in [6, 6.07) is 3.39. The van der Waals surface area contributed by atoms with Crippen molar-refractivity contribution in [1.29, 1.82) is 0 Å². The third kappa shape index (κ3) is 5.75. The highest BCUT2D eigenvalue weighted by molar-refractivity contribution is 5.91. The van der Waals surface area contributed by atoms with Crippen LogP contribution in [0.15, 0.2) is 22.8 Å². The molecule has 0 bridgehead atoms. The van der Waals surface area contributed by atoms with Gasteiger partial charge in [0.15, 0.2) is 5.76 Å². The topological polar surface area (TPSA) is 46.7 Å². The number of amides is 1. The van der Waals surface area contributed by atoms with Gasteiger partial charge in [0, 0.05) is 13.0 Å². The molecule has 1 rings (SSSR count). The van der Waals surface area contributed by atoms with Gasteiger partial charge in [-0.2, -0.15) is 0 Å². The van der Waals surface area contributed by atoms with Crippen molar-refractivity contribution in [1.82, 2.24) is 5.32 Å². The lowest BCUT2D eigenvalue weighted by molar-refractivity contribution is -0.896. The van der Waals surface area contributed by atoms with E-state index in [0.717, 1.165) is 26.1 Å². The maximum absolute atomic E-state index is 11.5. The van der Waals surface area contributed by atoms with Crippen LogP contribution in [0.5, 0.6) is 0 Å². The van der Waals surface area contributed by atoms with Crippen LogP contribution in [-0.2, 0) is 0 Å². The van der Waals surface area contributed by atoms with E-state index in [-0.39, 0.29) is 18.3 Å². The monoisotopic (exact) mass is 260 g/mol. The Hall–Kier alpha value is -1.00. The Bertz CT molecular complexity index is 297. The zero-order valence-corrected chi connectivity index (χ0v) is 11.2. The van der Waals surface area contributed by atoms with Gasteiger partial charge in [0.25, 0.3) is 5.91 Å². The van der Waals surface area contributed by atoms with Gasteiger partial charge in [0.2, 0.25) is 0 Å². The van der Waals surface area contributed by atoms with E-state index in [0.29, 0.717) is 12.3 Å². The Labute approximate surface area is 109 Å². The van der Waals surface area contributed by atoms with Crippen LogP contribution in [0, 0.1) is 0 Å². The predicted octanol–water partition coefficient (Wildman–Crippen LogP) is -2.67. The maximum atomic E-state index is 11.5. The van der Waals surface area contributed by atoms with Crippen LogP contribution in [0.4, 0.5) is 0 Å². The first kappa shape index (κ1) is 16.0. The number of quaternary nitrogens is 1. The highest BCUT2D eigenvalue weighted by Crippen LogP contribution is 1.98. The average molecular weight is 261 g/mol. The lowest BCUT2D eigenvalue weighted by atomic mass is 10.3. The summed E-state index contributed by atoms with van der Waals surface area (Å²) in [7, 11) is 0. The van der Waals surface area contributed by atoms with E-state index in [2.05, 4.69) is 19.2 Å². The largest absolute Gasteiger partial charge is 1.00 e. The van der Waals surface area contributed by atoms with Gasteiger partial charge < -0.3 is 27.0 Å². The highest BCUT2D eigenvalue weighted by Gasteiger charge is 2.07. The van der Waals surface area contributed by atoms with E-state index in [1.807, 2.05) is 0 Å². The number of furan rings is 1. The summed E-state index contributed by atoms with van der Waals surface area (Å²) in [5, 5.41) is 2.84. The second kappa shape index (κ2) is 9.07. The van der Waals surface area contributed by atoms with Crippen LogP contribution < -0.4 is 22.6 Å². The van der Waals surface area contributed by atoms with E-state index < -0.39 is 0 Å². The molecule has 0 aliphatic heterocycles. The fourth-order valence-corrected chi connectivity index (χ4v) is 1.64. The molecule has 5 heteroatoms. The number of carbonyl (C=O) groups is 1. The van der Waals surface area contributed by atoms with Gasteiger partial charge in [-0.1, -0.05) is 0 Å². The molecule has 0 saturated carbocycles. The molecular weight excluding hydrogens is 240 g/mol. The Balaban J connectivity index is 0.00000256. The minimum Gasteiger partial charge on any atom is -1.00 e. The zero-order valence-electron chi connectivity index (χ0n) is 10.5.